The van der Waals surface area contributed by atoms with Gasteiger partial charge in [0.15, 0.2) is 5.82 Å². The lowest BCUT2D eigenvalue weighted by Crippen LogP contribution is -2.41. The molecule has 3 rings (SSSR count). The summed E-state index contributed by atoms with van der Waals surface area (Å²) in [5.74, 6) is -1.20. The summed E-state index contributed by atoms with van der Waals surface area (Å²) in [5, 5.41) is 12.8. The van der Waals surface area contributed by atoms with Crippen molar-refractivity contribution in [1.82, 2.24) is 15.4 Å². The number of hydrogen-bond acceptors (Lipinski definition) is 6. The molecule has 0 bridgehead atoms. The summed E-state index contributed by atoms with van der Waals surface area (Å²) in [6.45, 7) is 2.44. The molecular weight excluding hydrogens is 316 g/mol. The number of thiophene rings is 1. The van der Waals surface area contributed by atoms with Gasteiger partial charge in [-0.15, -0.1) is 0 Å². The van der Waals surface area contributed by atoms with E-state index in [1.807, 2.05) is 5.38 Å². The fourth-order valence-corrected chi connectivity index (χ4v) is 3.40. The van der Waals surface area contributed by atoms with Gasteiger partial charge < -0.3 is 9.84 Å². The molecular formula is C15H18N4O3S. The molecule has 1 fully saturated rings. The lowest BCUT2D eigenvalue weighted by atomic mass is 10.1. The van der Waals surface area contributed by atoms with Crippen LogP contribution in [-0.2, 0) is 9.59 Å². The van der Waals surface area contributed by atoms with Crippen LogP contribution in [0.2, 0.25) is 0 Å². The van der Waals surface area contributed by atoms with Crippen molar-refractivity contribution in [3.8, 4) is 0 Å². The monoisotopic (exact) mass is 334 g/mol. The Hall–Kier alpha value is -2.19. The zero-order valence-electron chi connectivity index (χ0n) is 12.5. The minimum absolute atomic E-state index is 0.104. The molecule has 0 aliphatic carbocycles. The number of hydrogen-bond donors (Lipinski definition) is 2. The number of carbonyl (C=O) groups excluding carboxylic acids is 2. The average Bonchev–Trinajstić information content (AvgIpc) is 3.31. The van der Waals surface area contributed by atoms with Crippen molar-refractivity contribution >= 4 is 29.0 Å². The van der Waals surface area contributed by atoms with Gasteiger partial charge in [0.2, 0.25) is 0 Å². The second kappa shape index (κ2) is 7.38. The van der Waals surface area contributed by atoms with E-state index in [1.165, 1.54) is 30.7 Å². The zero-order chi connectivity index (χ0) is 16.1. The standard InChI is InChI=1S/C15H18N4O3S/c20-14(15(21)17-13-3-7-22-18-13)16-9-12(11-4-8-23-10-11)19-5-1-2-6-19/h3-4,7-8,10,12H,1-2,5-6,9H2,(H,16,20)(H,17,18,21). The summed E-state index contributed by atoms with van der Waals surface area (Å²) < 4.78 is 4.61. The number of rotatable bonds is 5. The maximum Gasteiger partial charge on any atom is 0.314 e. The number of nitrogens with one attached hydrogen (secondary N) is 2. The van der Waals surface area contributed by atoms with Gasteiger partial charge in [-0.1, -0.05) is 5.16 Å². The molecule has 1 saturated heterocycles. The molecule has 8 heteroatoms. The third-order valence-corrected chi connectivity index (χ3v) is 4.55. The van der Waals surface area contributed by atoms with Gasteiger partial charge in [0.05, 0.1) is 6.04 Å². The first kappa shape index (κ1) is 15.7. The highest BCUT2D eigenvalue weighted by molar-refractivity contribution is 7.07. The third kappa shape index (κ3) is 3.96. The van der Waals surface area contributed by atoms with Crippen molar-refractivity contribution in [2.45, 2.75) is 18.9 Å². The van der Waals surface area contributed by atoms with E-state index in [-0.39, 0.29) is 11.9 Å². The summed E-state index contributed by atoms with van der Waals surface area (Å²) in [5.41, 5.74) is 1.18. The molecule has 1 aliphatic rings. The van der Waals surface area contributed by atoms with E-state index in [1.54, 1.807) is 11.3 Å². The predicted octanol–water partition coefficient (Wildman–Crippen LogP) is 1.63. The molecule has 0 spiro atoms. The molecule has 23 heavy (non-hydrogen) atoms. The highest BCUT2D eigenvalue weighted by Gasteiger charge is 2.25. The number of likely N-dealkylation sites (tertiary alicyclic amines) is 1. The Balaban J connectivity index is 1.57. The van der Waals surface area contributed by atoms with Crippen LogP contribution in [0.25, 0.3) is 0 Å². The second-order valence-electron chi connectivity index (χ2n) is 5.36. The fraction of sp³-hybridized carbons (Fsp3) is 0.400. The van der Waals surface area contributed by atoms with Crippen LogP contribution in [0, 0.1) is 0 Å². The Morgan fingerprint density at radius 1 is 1.30 bits per heavy atom. The van der Waals surface area contributed by atoms with E-state index in [9.17, 15) is 9.59 Å². The second-order valence-corrected chi connectivity index (χ2v) is 6.14. The van der Waals surface area contributed by atoms with Crippen molar-refractivity contribution in [2.24, 2.45) is 0 Å². The quantitative estimate of drug-likeness (QED) is 0.812. The van der Waals surface area contributed by atoms with Gasteiger partial charge in [-0.3, -0.25) is 19.8 Å². The van der Waals surface area contributed by atoms with Gasteiger partial charge in [-0.05, 0) is 48.3 Å². The number of carbonyl (C=O) groups is 2. The Bertz CT molecular complexity index is 636. The summed E-state index contributed by atoms with van der Waals surface area (Å²) in [6.07, 6.45) is 3.66. The van der Waals surface area contributed by atoms with E-state index in [0.29, 0.717) is 6.54 Å². The fourth-order valence-electron chi connectivity index (χ4n) is 2.70. The molecule has 3 heterocycles. The van der Waals surface area contributed by atoms with Crippen LogP contribution in [0.3, 0.4) is 0 Å². The average molecular weight is 334 g/mol. The molecule has 122 valence electrons. The van der Waals surface area contributed by atoms with Gasteiger partial charge in [-0.2, -0.15) is 11.3 Å². The van der Waals surface area contributed by atoms with E-state index >= 15 is 0 Å². The van der Waals surface area contributed by atoms with Crippen LogP contribution < -0.4 is 10.6 Å². The molecule has 2 aromatic rings. The Kier molecular flexibility index (Phi) is 5.04. The van der Waals surface area contributed by atoms with Crippen molar-refractivity contribution in [3.05, 3.63) is 34.7 Å². The van der Waals surface area contributed by atoms with E-state index in [2.05, 4.69) is 36.7 Å². The van der Waals surface area contributed by atoms with Gasteiger partial charge in [0.1, 0.15) is 6.26 Å². The van der Waals surface area contributed by atoms with Crippen LogP contribution in [0.1, 0.15) is 24.4 Å². The Labute approximate surface area is 137 Å². The van der Waals surface area contributed by atoms with Crippen molar-refractivity contribution < 1.29 is 14.1 Å². The molecule has 7 nitrogen and oxygen atoms in total. The first-order valence-electron chi connectivity index (χ1n) is 7.50. The highest BCUT2D eigenvalue weighted by atomic mass is 32.1. The van der Waals surface area contributed by atoms with E-state index in [4.69, 9.17) is 0 Å². The molecule has 2 aromatic heterocycles. The largest absolute Gasteiger partial charge is 0.363 e. The molecule has 1 atom stereocenters. The molecule has 2 amide bonds. The van der Waals surface area contributed by atoms with Crippen LogP contribution >= 0.6 is 11.3 Å². The molecule has 2 N–H and O–H groups in total. The van der Waals surface area contributed by atoms with Crippen molar-refractivity contribution in [2.75, 3.05) is 25.0 Å². The van der Waals surface area contributed by atoms with Gasteiger partial charge in [0, 0.05) is 12.6 Å². The minimum Gasteiger partial charge on any atom is -0.363 e. The topological polar surface area (TPSA) is 87.5 Å². The number of nitrogens with zero attached hydrogens (tertiary/aromatic N) is 2. The SMILES string of the molecule is O=C(NCC(c1ccsc1)N1CCCC1)C(=O)Nc1ccon1. The van der Waals surface area contributed by atoms with E-state index in [0.717, 1.165) is 13.1 Å². The molecule has 1 aliphatic heterocycles. The number of aromatic nitrogens is 1. The van der Waals surface area contributed by atoms with Crippen molar-refractivity contribution in [3.63, 3.8) is 0 Å². The number of amides is 2. The van der Waals surface area contributed by atoms with Crippen molar-refractivity contribution in [1.29, 1.82) is 0 Å². The Morgan fingerprint density at radius 3 is 2.78 bits per heavy atom. The predicted molar refractivity (Wildman–Crippen MR) is 86.0 cm³/mol. The highest BCUT2D eigenvalue weighted by Crippen LogP contribution is 2.26. The third-order valence-electron chi connectivity index (χ3n) is 3.85. The molecule has 0 aromatic carbocycles. The zero-order valence-corrected chi connectivity index (χ0v) is 13.3. The summed E-state index contributed by atoms with van der Waals surface area (Å²) in [4.78, 5) is 26.1. The maximum atomic E-state index is 12.0. The molecule has 0 saturated carbocycles. The maximum absolute atomic E-state index is 12.0. The van der Waals surface area contributed by atoms with Gasteiger partial charge >= 0.3 is 11.8 Å². The van der Waals surface area contributed by atoms with E-state index < -0.39 is 11.8 Å². The summed E-state index contributed by atoms with van der Waals surface area (Å²) in [6, 6.07) is 3.64. The summed E-state index contributed by atoms with van der Waals surface area (Å²) in [7, 11) is 0. The first-order chi connectivity index (χ1) is 11.2. The van der Waals surface area contributed by atoms with Crippen LogP contribution in [-0.4, -0.2) is 41.5 Å². The smallest absolute Gasteiger partial charge is 0.314 e. The number of anilines is 1. The minimum atomic E-state index is -0.746. The Morgan fingerprint density at radius 2 is 2.13 bits per heavy atom. The van der Waals surface area contributed by atoms with Gasteiger partial charge in [-0.25, -0.2) is 0 Å². The molecule has 0 radical (unpaired) electrons. The van der Waals surface area contributed by atoms with Crippen LogP contribution in [0.4, 0.5) is 5.82 Å². The van der Waals surface area contributed by atoms with Crippen LogP contribution in [0.5, 0.6) is 0 Å². The lowest BCUT2D eigenvalue weighted by molar-refractivity contribution is -0.136. The summed E-state index contributed by atoms with van der Waals surface area (Å²) >= 11 is 1.63. The first-order valence-corrected chi connectivity index (χ1v) is 8.44. The van der Waals surface area contributed by atoms with Gasteiger partial charge in [0.25, 0.3) is 0 Å². The molecule has 1 unspecified atom stereocenters. The lowest BCUT2D eigenvalue weighted by Gasteiger charge is -2.27. The normalized spacial score (nSPS) is 16.2. The van der Waals surface area contributed by atoms with Crippen LogP contribution in [0.15, 0.2) is 33.7 Å².